The molecule has 0 fully saturated rings. The maximum atomic E-state index is 2.68. The molecule has 0 aromatic heterocycles. The second kappa shape index (κ2) is 18.0. The predicted molar refractivity (Wildman–Crippen MR) is 329 cm³/mol. The predicted octanol–water partition coefficient (Wildman–Crippen LogP) is 20.7. The first kappa shape index (κ1) is 47.3. The van der Waals surface area contributed by atoms with Gasteiger partial charge in [0.25, 0.3) is 0 Å². The molecule has 3 nitrogen and oxygen atoms in total. The molecule has 376 valence electrons. The summed E-state index contributed by atoms with van der Waals surface area (Å²) in [5, 5.41) is 0. The Bertz CT molecular complexity index is 3790. The molecule has 3 heterocycles. The van der Waals surface area contributed by atoms with Crippen LogP contribution in [0, 0.1) is 0 Å². The van der Waals surface area contributed by atoms with Crippen molar-refractivity contribution >= 4 is 51.2 Å². The minimum Gasteiger partial charge on any atom is -0.311 e. The Morgan fingerprint density at radius 1 is 0.218 bits per heavy atom. The number of hydrogen-bond donors (Lipinski definition) is 0. The molecular formula is C75H61N3. The lowest BCUT2D eigenvalue weighted by Gasteiger charge is -2.55. The molecule has 78 heavy (non-hydrogen) atoms. The molecular weight excluding hydrogens is 943 g/mol. The van der Waals surface area contributed by atoms with Gasteiger partial charge < -0.3 is 14.7 Å². The van der Waals surface area contributed by atoms with E-state index in [1.54, 1.807) is 0 Å². The Kier molecular flexibility index (Phi) is 10.9. The van der Waals surface area contributed by atoms with E-state index in [-0.39, 0.29) is 16.2 Å². The Morgan fingerprint density at radius 3 is 0.756 bits per heavy atom. The van der Waals surface area contributed by atoms with Gasteiger partial charge in [-0.25, -0.2) is 0 Å². The largest absolute Gasteiger partial charge is 0.311 e. The second-order valence-corrected chi connectivity index (χ2v) is 23.0. The van der Waals surface area contributed by atoms with Gasteiger partial charge in [-0.05, 0) is 175 Å². The molecule has 0 aliphatic carbocycles. The third kappa shape index (κ3) is 7.47. The van der Waals surface area contributed by atoms with Crippen LogP contribution in [0.2, 0.25) is 0 Å². The molecule has 0 unspecified atom stereocenters. The zero-order valence-corrected chi connectivity index (χ0v) is 45.2. The van der Waals surface area contributed by atoms with Crippen LogP contribution in [0.5, 0.6) is 0 Å². The van der Waals surface area contributed by atoms with Crippen molar-refractivity contribution in [3.8, 4) is 44.5 Å². The first-order valence-corrected chi connectivity index (χ1v) is 27.5. The quantitative estimate of drug-likeness (QED) is 0.135. The Morgan fingerprint density at radius 2 is 0.449 bits per heavy atom. The average molecular weight is 1000 g/mol. The van der Waals surface area contributed by atoms with E-state index < -0.39 is 0 Å². The van der Waals surface area contributed by atoms with E-state index in [1.165, 1.54) is 95.0 Å². The Labute approximate surface area is 460 Å². The molecule has 3 aliphatic rings. The van der Waals surface area contributed by atoms with Gasteiger partial charge in [0.15, 0.2) is 0 Å². The smallest absolute Gasteiger partial charge is 0.0544 e. The minimum absolute atomic E-state index is 0.252. The van der Waals surface area contributed by atoms with Crippen LogP contribution in [0.1, 0.15) is 74.9 Å². The average Bonchev–Trinajstić information content (AvgIpc) is 2.52. The highest BCUT2D eigenvalue weighted by atomic mass is 15.2. The monoisotopic (exact) mass is 1000 g/mol. The topological polar surface area (TPSA) is 9.72 Å². The lowest BCUT2D eigenvalue weighted by Crippen LogP contribution is -2.43. The summed E-state index contributed by atoms with van der Waals surface area (Å²) in [4.78, 5) is 7.40. The summed E-state index contributed by atoms with van der Waals surface area (Å²) in [6.45, 7) is 14.7. The number of rotatable bonds is 10. The highest BCUT2D eigenvalue weighted by Crippen LogP contribution is 2.67. The zero-order chi connectivity index (χ0) is 52.9. The summed E-state index contributed by atoms with van der Waals surface area (Å²) in [6.07, 6.45) is 0. The van der Waals surface area contributed by atoms with Crippen LogP contribution in [0.4, 0.5) is 51.2 Å². The van der Waals surface area contributed by atoms with Gasteiger partial charge in [0.1, 0.15) is 0 Å². The van der Waals surface area contributed by atoms with Gasteiger partial charge in [-0.3, -0.25) is 0 Å². The van der Waals surface area contributed by atoms with Crippen molar-refractivity contribution in [2.45, 2.75) is 57.8 Å². The lowest BCUT2D eigenvalue weighted by atomic mass is 9.60. The molecule has 11 aromatic rings. The van der Waals surface area contributed by atoms with Crippen LogP contribution in [0.15, 0.2) is 261 Å². The second-order valence-electron chi connectivity index (χ2n) is 23.0. The van der Waals surface area contributed by atoms with E-state index in [1.807, 2.05) is 0 Å². The van der Waals surface area contributed by atoms with Gasteiger partial charge >= 0.3 is 0 Å². The van der Waals surface area contributed by atoms with Crippen LogP contribution >= 0.6 is 0 Å². The van der Waals surface area contributed by atoms with Crippen molar-refractivity contribution in [1.82, 2.24) is 0 Å². The van der Waals surface area contributed by atoms with Crippen molar-refractivity contribution in [1.29, 1.82) is 0 Å². The molecule has 0 amide bonds. The summed E-state index contributed by atoms with van der Waals surface area (Å²) in [7, 11) is 0. The molecule has 3 heteroatoms. The minimum atomic E-state index is -0.335. The van der Waals surface area contributed by atoms with Crippen molar-refractivity contribution in [2.24, 2.45) is 0 Å². The maximum Gasteiger partial charge on any atom is 0.0544 e. The summed E-state index contributed by atoms with van der Waals surface area (Å²) in [5.74, 6) is 0. The number of para-hydroxylation sites is 3. The van der Waals surface area contributed by atoms with Crippen LogP contribution in [0.25, 0.3) is 44.5 Å². The first-order chi connectivity index (χ1) is 37.9. The first-order valence-electron chi connectivity index (χ1n) is 27.5. The van der Waals surface area contributed by atoms with Gasteiger partial charge in [0, 0.05) is 50.4 Å². The SMILES string of the molecule is CC1(C)c2cccc3c2N2c4c1cc(-c1ccc(N(c5ccccc5)c5ccc(-c6ccccc6)cc5)cc1)cc4C(C)(C)c1cc(-c4ccc(N(c5ccccc5)c5ccc(-c6ccccc6)cc5)cc4)cc(c12)C3(C)C. The molecule has 11 aromatic carbocycles. The highest BCUT2D eigenvalue weighted by Gasteiger charge is 2.52. The highest BCUT2D eigenvalue weighted by molar-refractivity contribution is 6.00. The Hall–Kier alpha value is -9.18. The van der Waals surface area contributed by atoms with E-state index in [0.29, 0.717) is 0 Å². The molecule has 0 spiro atoms. The molecule has 0 bridgehead atoms. The fourth-order valence-corrected chi connectivity index (χ4v) is 13.1. The van der Waals surface area contributed by atoms with Gasteiger partial charge in [-0.2, -0.15) is 0 Å². The number of hydrogen-bond acceptors (Lipinski definition) is 3. The number of benzene rings is 11. The molecule has 3 aliphatic heterocycles. The van der Waals surface area contributed by atoms with Gasteiger partial charge in [0.05, 0.1) is 17.1 Å². The Balaban J connectivity index is 0.870. The van der Waals surface area contributed by atoms with Crippen molar-refractivity contribution in [3.05, 3.63) is 294 Å². The van der Waals surface area contributed by atoms with E-state index >= 15 is 0 Å². The van der Waals surface area contributed by atoms with E-state index in [4.69, 9.17) is 0 Å². The van der Waals surface area contributed by atoms with Crippen LogP contribution < -0.4 is 14.7 Å². The summed E-state index contributed by atoms with van der Waals surface area (Å²) >= 11 is 0. The van der Waals surface area contributed by atoms with Crippen LogP contribution in [-0.4, -0.2) is 0 Å². The third-order valence-electron chi connectivity index (χ3n) is 17.4. The standard InChI is InChI=1S/C75H61N3/c1-73(2)64-28-19-29-65-70(64)78-71-66(73)46-56(54-34-42-62(43-35-54)76(58-24-15-9-16-25-58)60-38-30-52(31-39-60)50-20-11-7-12-21-50)48-68(71)75(5,6)69-49-57(47-67(72(69)78)74(65,3)4)55-36-44-63(45-37-55)77(59-26-17-10-18-27-59)61-40-32-53(33-41-61)51-22-13-8-14-23-51/h7-49H,1-6H3. The fraction of sp³-hybridized carbons (Fsp3) is 0.120. The summed E-state index contributed by atoms with van der Waals surface area (Å²) in [5.41, 5.74) is 27.8. The molecule has 0 saturated carbocycles. The van der Waals surface area contributed by atoms with Crippen LogP contribution in [-0.2, 0) is 16.2 Å². The third-order valence-corrected chi connectivity index (χ3v) is 17.4. The van der Waals surface area contributed by atoms with Crippen molar-refractivity contribution in [3.63, 3.8) is 0 Å². The molecule has 0 atom stereocenters. The molecule has 0 N–H and O–H groups in total. The molecule has 0 radical (unpaired) electrons. The number of nitrogens with zero attached hydrogens (tertiary/aromatic N) is 3. The van der Waals surface area contributed by atoms with E-state index in [2.05, 4.69) is 317 Å². The summed E-state index contributed by atoms with van der Waals surface area (Å²) in [6, 6.07) is 96.1. The van der Waals surface area contributed by atoms with Crippen molar-refractivity contribution in [2.75, 3.05) is 14.7 Å². The number of anilines is 9. The van der Waals surface area contributed by atoms with Gasteiger partial charge in [0.2, 0.25) is 0 Å². The maximum absolute atomic E-state index is 2.68. The summed E-state index contributed by atoms with van der Waals surface area (Å²) < 4.78 is 0. The van der Waals surface area contributed by atoms with E-state index in [9.17, 15) is 0 Å². The molecule has 14 rings (SSSR count). The normalized spacial score (nSPS) is 14.6. The fourth-order valence-electron chi connectivity index (χ4n) is 13.1. The van der Waals surface area contributed by atoms with Crippen LogP contribution in [0.3, 0.4) is 0 Å². The molecule has 0 saturated heterocycles. The van der Waals surface area contributed by atoms with Crippen molar-refractivity contribution < 1.29 is 0 Å². The van der Waals surface area contributed by atoms with Gasteiger partial charge in [-0.15, -0.1) is 0 Å². The lowest BCUT2D eigenvalue weighted by molar-refractivity contribution is 0.567. The van der Waals surface area contributed by atoms with Gasteiger partial charge in [-0.1, -0.05) is 205 Å². The zero-order valence-electron chi connectivity index (χ0n) is 45.2. The van der Waals surface area contributed by atoms with E-state index in [0.717, 1.165) is 34.1 Å².